The van der Waals surface area contributed by atoms with E-state index < -0.39 is 16.0 Å². The Morgan fingerprint density at radius 2 is 2.05 bits per heavy atom. The predicted octanol–water partition coefficient (Wildman–Crippen LogP) is 3.35. The van der Waals surface area contributed by atoms with Gasteiger partial charge in [0.1, 0.15) is 5.75 Å². The molecule has 4 aromatic rings. The lowest BCUT2D eigenvalue weighted by Gasteiger charge is -2.11. The summed E-state index contributed by atoms with van der Waals surface area (Å²) >= 11 is 1.18. The van der Waals surface area contributed by atoms with Crippen LogP contribution in [-0.4, -0.2) is 54.1 Å². The van der Waals surface area contributed by atoms with E-state index in [0.717, 1.165) is 29.7 Å². The number of carboxylic acids is 1. The Morgan fingerprint density at radius 3 is 2.73 bits per heavy atom. The molecule has 1 atom stereocenters. The zero-order valence-electron chi connectivity index (χ0n) is 19.6. The molecule has 12 heteroatoms. The van der Waals surface area contributed by atoms with E-state index in [2.05, 4.69) is 4.98 Å². The molecule has 1 unspecified atom stereocenters. The Kier molecular flexibility index (Phi) is 7.07. The topological polar surface area (TPSA) is 147 Å². The molecular formula is C25H24N4O6S2. The Labute approximate surface area is 217 Å². The van der Waals surface area contributed by atoms with Crippen LogP contribution in [0.2, 0.25) is 0 Å². The minimum Gasteiger partial charge on any atom is -0.493 e. The number of benzene rings is 2. The average Bonchev–Trinajstić information content (AvgIpc) is 3.64. The van der Waals surface area contributed by atoms with Crippen molar-refractivity contribution in [2.24, 2.45) is 11.1 Å². The highest BCUT2D eigenvalue weighted by Gasteiger charge is 2.19. The highest BCUT2D eigenvalue weighted by atomic mass is 32.2. The maximum Gasteiger partial charge on any atom is 0.355 e. The molecule has 1 aliphatic rings. The molecule has 37 heavy (non-hydrogen) atoms. The summed E-state index contributed by atoms with van der Waals surface area (Å²) in [5.41, 5.74) is 3.15. The maximum absolute atomic E-state index is 11.6. The molecule has 10 nitrogen and oxygen atoms in total. The van der Waals surface area contributed by atoms with E-state index in [4.69, 9.17) is 19.7 Å². The largest absolute Gasteiger partial charge is 0.493 e. The molecule has 1 aliphatic heterocycles. The van der Waals surface area contributed by atoms with E-state index in [1.165, 1.54) is 28.8 Å². The van der Waals surface area contributed by atoms with Crippen LogP contribution in [0.15, 0.2) is 65.0 Å². The first-order valence-corrected chi connectivity index (χ1v) is 13.9. The molecule has 5 rings (SSSR count). The van der Waals surface area contributed by atoms with Crippen molar-refractivity contribution in [3.63, 3.8) is 0 Å². The summed E-state index contributed by atoms with van der Waals surface area (Å²) < 4.78 is 36.2. The number of hydrogen-bond acceptors (Lipinski definition) is 8. The van der Waals surface area contributed by atoms with Gasteiger partial charge in [-0.05, 0) is 36.2 Å². The van der Waals surface area contributed by atoms with Gasteiger partial charge in [0.2, 0.25) is 15.2 Å². The number of sulfonamides is 1. The molecule has 3 N–H and O–H groups in total. The number of carboxylic acid groups (broad SMARTS) is 1. The number of ether oxygens (including phenoxy) is 2. The van der Waals surface area contributed by atoms with Crippen molar-refractivity contribution >= 4 is 27.3 Å². The van der Waals surface area contributed by atoms with Gasteiger partial charge in [-0.2, -0.15) is 5.10 Å². The molecule has 1 saturated heterocycles. The second-order valence-electron chi connectivity index (χ2n) is 8.70. The zero-order valence-corrected chi connectivity index (χ0v) is 21.2. The van der Waals surface area contributed by atoms with Gasteiger partial charge in [-0.25, -0.2) is 28.0 Å². The summed E-state index contributed by atoms with van der Waals surface area (Å²) in [7, 11) is -3.79. The quantitative estimate of drug-likeness (QED) is 0.329. The lowest BCUT2D eigenvalue weighted by atomic mass is 10.0. The van der Waals surface area contributed by atoms with Gasteiger partial charge in [-0.3, -0.25) is 0 Å². The minimum atomic E-state index is -3.79. The second kappa shape index (κ2) is 10.4. The lowest BCUT2D eigenvalue weighted by molar-refractivity contribution is 0.0691. The van der Waals surface area contributed by atoms with E-state index in [1.807, 2.05) is 24.3 Å². The number of hydrogen-bond donors (Lipinski definition) is 2. The first-order valence-electron chi connectivity index (χ1n) is 11.5. The van der Waals surface area contributed by atoms with Gasteiger partial charge in [0.15, 0.2) is 5.69 Å². The fourth-order valence-corrected chi connectivity index (χ4v) is 5.27. The molecule has 0 saturated carbocycles. The van der Waals surface area contributed by atoms with Gasteiger partial charge in [0, 0.05) is 41.6 Å². The number of thiazole rings is 1. The van der Waals surface area contributed by atoms with Crippen LogP contribution in [0.3, 0.4) is 0 Å². The first-order chi connectivity index (χ1) is 17.8. The number of aromatic nitrogens is 3. The average molecular weight is 541 g/mol. The van der Waals surface area contributed by atoms with Crippen molar-refractivity contribution in [2.75, 3.05) is 19.8 Å². The predicted molar refractivity (Wildman–Crippen MR) is 137 cm³/mol. The standard InChI is InChI=1S/C25H24N4O6S2/c26-37(32,33)21-6-4-16(5-7-21)10-19-12-29(25-27-22(15-36-25)24(30)31)28-23(19)18-2-1-3-20(11-18)35-14-17-8-9-34-13-17/h1-7,11-12,15,17H,8-10,13-14H2,(H,30,31)(H2,26,32,33). The molecule has 0 bridgehead atoms. The molecule has 192 valence electrons. The number of nitrogens with zero attached hydrogens (tertiary/aromatic N) is 3. The van der Waals surface area contributed by atoms with Crippen LogP contribution in [0.25, 0.3) is 16.4 Å². The smallest absolute Gasteiger partial charge is 0.355 e. The van der Waals surface area contributed by atoms with Crippen LogP contribution in [0, 0.1) is 5.92 Å². The van der Waals surface area contributed by atoms with E-state index in [-0.39, 0.29) is 10.6 Å². The van der Waals surface area contributed by atoms with Crippen molar-refractivity contribution in [2.45, 2.75) is 17.7 Å². The van der Waals surface area contributed by atoms with E-state index in [0.29, 0.717) is 42.1 Å². The van der Waals surface area contributed by atoms with Crippen LogP contribution in [0.4, 0.5) is 0 Å². The van der Waals surface area contributed by atoms with Crippen LogP contribution in [0.5, 0.6) is 5.75 Å². The number of nitrogens with two attached hydrogens (primary N) is 1. The van der Waals surface area contributed by atoms with E-state index >= 15 is 0 Å². The SMILES string of the molecule is NS(=O)(=O)c1ccc(Cc2cn(-c3nc(C(=O)O)cs3)nc2-c2cccc(OCC3CCOC3)c2)cc1. The highest BCUT2D eigenvalue weighted by molar-refractivity contribution is 7.89. The van der Waals surface area contributed by atoms with Crippen molar-refractivity contribution < 1.29 is 27.8 Å². The summed E-state index contributed by atoms with van der Waals surface area (Å²) in [5, 5.41) is 21.1. The molecule has 2 aromatic carbocycles. The van der Waals surface area contributed by atoms with Crippen LogP contribution in [-0.2, 0) is 21.2 Å². The van der Waals surface area contributed by atoms with Gasteiger partial charge >= 0.3 is 5.97 Å². The summed E-state index contributed by atoms with van der Waals surface area (Å²) in [4.78, 5) is 15.5. The molecule has 1 fully saturated rings. The Balaban J connectivity index is 1.48. The molecule has 0 spiro atoms. The van der Waals surface area contributed by atoms with Gasteiger partial charge in [-0.1, -0.05) is 24.3 Å². The highest BCUT2D eigenvalue weighted by Crippen LogP contribution is 2.30. The molecular weight excluding hydrogens is 516 g/mol. The summed E-state index contributed by atoms with van der Waals surface area (Å²) in [5.74, 6) is -0.0283. The molecule has 0 aliphatic carbocycles. The molecule has 3 heterocycles. The third-order valence-electron chi connectivity index (χ3n) is 5.96. The number of primary sulfonamides is 1. The van der Waals surface area contributed by atoms with Crippen molar-refractivity contribution in [1.29, 1.82) is 0 Å². The second-order valence-corrected chi connectivity index (χ2v) is 11.1. The zero-order chi connectivity index (χ0) is 26.0. The van der Waals surface area contributed by atoms with Gasteiger partial charge in [0.25, 0.3) is 0 Å². The molecule has 2 aromatic heterocycles. The minimum absolute atomic E-state index is 0.0358. The summed E-state index contributed by atoms with van der Waals surface area (Å²) in [6, 6.07) is 14.0. The molecule has 0 amide bonds. The van der Waals surface area contributed by atoms with Crippen LogP contribution >= 0.6 is 11.3 Å². The van der Waals surface area contributed by atoms with E-state index in [1.54, 1.807) is 23.0 Å². The van der Waals surface area contributed by atoms with Crippen molar-refractivity contribution in [3.8, 4) is 22.1 Å². The van der Waals surface area contributed by atoms with Crippen molar-refractivity contribution in [1.82, 2.24) is 14.8 Å². The number of aromatic carboxylic acids is 1. The Bertz CT molecular complexity index is 1520. The van der Waals surface area contributed by atoms with Crippen LogP contribution < -0.4 is 9.88 Å². The molecule has 0 radical (unpaired) electrons. The fourth-order valence-electron chi connectivity index (χ4n) is 4.03. The Morgan fingerprint density at radius 1 is 1.24 bits per heavy atom. The van der Waals surface area contributed by atoms with Gasteiger partial charge in [-0.15, -0.1) is 11.3 Å². The van der Waals surface area contributed by atoms with Gasteiger partial charge < -0.3 is 14.6 Å². The normalized spacial score (nSPS) is 15.6. The van der Waals surface area contributed by atoms with Crippen LogP contribution in [0.1, 0.15) is 28.0 Å². The first kappa shape index (κ1) is 25.1. The lowest BCUT2D eigenvalue weighted by Crippen LogP contribution is -2.11. The fraction of sp³-hybridized carbons (Fsp3) is 0.240. The third-order valence-corrected chi connectivity index (χ3v) is 7.72. The third kappa shape index (κ3) is 5.88. The number of rotatable bonds is 9. The van der Waals surface area contributed by atoms with Gasteiger partial charge in [0.05, 0.1) is 23.8 Å². The monoisotopic (exact) mass is 540 g/mol. The summed E-state index contributed by atoms with van der Waals surface area (Å²) in [6.07, 6.45) is 3.23. The van der Waals surface area contributed by atoms with Crippen molar-refractivity contribution in [3.05, 3.63) is 76.9 Å². The summed E-state index contributed by atoms with van der Waals surface area (Å²) in [6.45, 7) is 2.02. The van der Waals surface area contributed by atoms with E-state index in [9.17, 15) is 18.3 Å². The maximum atomic E-state index is 11.6. The Hall–Kier alpha value is -3.58. The number of carbonyl (C=O) groups is 1.